The van der Waals surface area contributed by atoms with Crippen LogP contribution < -0.4 is 21.9 Å². The molecule has 5 N–H and O–H groups in total. The van der Waals surface area contributed by atoms with Crippen LogP contribution in [-0.2, 0) is 9.53 Å². The van der Waals surface area contributed by atoms with E-state index in [0.29, 0.717) is 19.0 Å². The van der Waals surface area contributed by atoms with Gasteiger partial charge in [-0.1, -0.05) is 11.6 Å². The zero-order chi connectivity index (χ0) is 15.8. The first-order valence-electron chi connectivity index (χ1n) is 6.20. The van der Waals surface area contributed by atoms with E-state index >= 15 is 0 Å². The number of nitrogens with zero attached hydrogens (tertiary/aromatic N) is 1. The standard InChI is InChI=1S/C12H18ClN5O3/c1-7(11(19)15-5-6-21-2)16-12(20)10-8(13)3-4-9(17-10)18-14/h3-4,7H,5-6,14H2,1-2H3,(H,15,19)(H,16,20)(H,17,18). The average Bonchev–Trinajstić information content (AvgIpc) is 2.47. The zero-order valence-corrected chi connectivity index (χ0v) is 12.5. The smallest absolute Gasteiger partial charge is 0.272 e. The van der Waals surface area contributed by atoms with Crippen LogP contribution in [0.5, 0.6) is 0 Å². The number of nitrogens with two attached hydrogens (primary N) is 1. The Hall–Kier alpha value is -1.90. The van der Waals surface area contributed by atoms with Gasteiger partial charge >= 0.3 is 0 Å². The van der Waals surface area contributed by atoms with Gasteiger partial charge in [0.2, 0.25) is 5.91 Å². The van der Waals surface area contributed by atoms with Crippen LogP contribution in [0.4, 0.5) is 5.82 Å². The van der Waals surface area contributed by atoms with Gasteiger partial charge in [-0.2, -0.15) is 0 Å². The van der Waals surface area contributed by atoms with Gasteiger partial charge in [0, 0.05) is 13.7 Å². The van der Waals surface area contributed by atoms with E-state index in [2.05, 4.69) is 21.0 Å². The summed E-state index contributed by atoms with van der Waals surface area (Å²) < 4.78 is 4.82. The van der Waals surface area contributed by atoms with Crippen molar-refractivity contribution in [1.82, 2.24) is 15.6 Å². The lowest BCUT2D eigenvalue weighted by atomic mass is 10.2. The van der Waals surface area contributed by atoms with Crippen LogP contribution in [0.25, 0.3) is 0 Å². The van der Waals surface area contributed by atoms with Crippen molar-refractivity contribution in [2.45, 2.75) is 13.0 Å². The summed E-state index contributed by atoms with van der Waals surface area (Å²) in [6.07, 6.45) is 0. The van der Waals surface area contributed by atoms with Gasteiger partial charge in [-0.05, 0) is 19.1 Å². The third-order valence-corrected chi connectivity index (χ3v) is 2.86. The van der Waals surface area contributed by atoms with Gasteiger partial charge in [0.05, 0.1) is 11.6 Å². The maximum Gasteiger partial charge on any atom is 0.272 e. The number of carbonyl (C=O) groups is 2. The highest BCUT2D eigenvalue weighted by Gasteiger charge is 2.19. The number of rotatable bonds is 7. The van der Waals surface area contributed by atoms with E-state index in [1.807, 2.05) is 0 Å². The maximum absolute atomic E-state index is 12.0. The van der Waals surface area contributed by atoms with E-state index in [0.717, 1.165) is 0 Å². The predicted molar refractivity (Wildman–Crippen MR) is 78.9 cm³/mol. The zero-order valence-electron chi connectivity index (χ0n) is 11.8. The molecule has 0 bridgehead atoms. The van der Waals surface area contributed by atoms with Crippen LogP contribution in [0.1, 0.15) is 17.4 Å². The number of ether oxygens (including phenoxy) is 1. The van der Waals surface area contributed by atoms with E-state index in [1.54, 1.807) is 6.92 Å². The lowest BCUT2D eigenvalue weighted by Gasteiger charge is -2.14. The minimum Gasteiger partial charge on any atom is -0.383 e. The van der Waals surface area contributed by atoms with Gasteiger partial charge in [-0.3, -0.25) is 9.59 Å². The molecular weight excluding hydrogens is 298 g/mol. The van der Waals surface area contributed by atoms with Crippen LogP contribution >= 0.6 is 11.6 Å². The second-order valence-electron chi connectivity index (χ2n) is 4.15. The van der Waals surface area contributed by atoms with Crippen molar-refractivity contribution in [3.05, 3.63) is 22.8 Å². The van der Waals surface area contributed by atoms with Crippen molar-refractivity contribution in [3.63, 3.8) is 0 Å². The molecule has 21 heavy (non-hydrogen) atoms. The van der Waals surface area contributed by atoms with Crippen molar-refractivity contribution in [1.29, 1.82) is 0 Å². The highest BCUT2D eigenvalue weighted by Crippen LogP contribution is 2.16. The lowest BCUT2D eigenvalue weighted by molar-refractivity contribution is -0.122. The molecule has 8 nitrogen and oxygen atoms in total. The molecule has 1 unspecified atom stereocenters. The Bertz CT molecular complexity index is 512. The highest BCUT2D eigenvalue weighted by molar-refractivity contribution is 6.33. The molecule has 0 spiro atoms. The number of hydrogen-bond donors (Lipinski definition) is 4. The first-order valence-corrected chi connectivity index (χ1v) is 6.58. The topological polar surface area (TPSA) is 118 Å². The molecule has 0 radical (unpaired) electrons. The molecule has 0 aliphatic carbocycles. The SMILES string of the molecule is COCCNC(=O)C(C)NC(=O)c1nc(NN)ccc1Cl. The number of hydrogen-bond acceptors (Lipinski definition) is 6. The minimum atomic E-state index is -0.735. The Morgan fingerprint density at radius 2 is 2.19 bits per heavy atom. The molecule has 0 saturated carbocycles. The molecular formula is C12H18ClN5O3. The van der Waals surface area contributed by atoms with E-state index in [4.69, 9.17) is 22.2 Å². The number of carbonyl (C=O) groups excluding carboxylic acids is 2. The molecule has 0 aromatic carbocycles. The number of aromatic nitrogens is 1. The largest absolute Gasteiger partial charge is 0.383 e. The van der Waals surface area contributed by atoms with Gasteiger partial charge in [-0.15, -0.1) is 0 Å². The molecule has 1 heterocycles. The first-order chi connectivity index (χ1) is 9.99. The molecule has 116 valence electrons. The molecule has 1 aromatic rings. The number of amides is 2. The predicted octanol–water partition coefficient (Wildman–Crippen LogP) is -0.0985. The Morgan fingerprint density at radius 3 is 2.81 bits per heavy atom. The second kappa shape index (κ2) is 8.40. The third kappa shape index (κ3) is 5.18. The van der Waals surface area contributed by atoms with Crippen LogP contribution in [0.15, 0.2) is 12.1 Å². The number of nitrogen functional groups attached to an aromatic ring is 1. The van der Waals surface area contributed by atoms with E-state index < -0.39 is 11.9 Å². The first kappa shape index (κ1) is 17.2. The molecule has 2 amide bonds. The molecule has 0 fully saturated rings. The summed E-state index contributed by atoms with van der Waals surface area (Å²) in [5.74, 6) is 4.62. The van der Waals surface area contributed by atoms with Crippen molar-refractivity contribution < 1.29 is 14.3 Å². The maximum atomic E-state index is 12.0. The van der Waals surface area contributed by atoms with Crippen molar-refractivity contribution in [3.8, 4) is 0 Å². The summed E-state index contributed by atoms with van der Waals surface area (Å²) in [6.45, 7) is 2.31. The molecule has 0 aliphatic heterocycles. The van der Waals surface area contributed by atoms with Crippen LogP contribution in [0.2, 0.25) is 5.02 Å². The van der Waals surface area contributed by atoms with Gasteiger partial charge < -0.3 is 20.8 Å². The van der Waals surface area contributed by atoms with Crippen LogP contribution in [-0.4, -0.2) is 43.1 Å². The number of pyridine rings is 1. The van der Waals surface area contributed by atoms with Gasteiger partial charge in [0.1, 0.15) is 17.6 Å². The molecule has 0 saturated heterocycles. The third-order valence-electron chi connectivity index (χ3n) is 2.56. The van der Waals surface area contributed by atoms with E-state index in [-0.39, 0.29) is 16.6 Å². The number of methoxy groups -OCH3 is 1. The minimum absolute atomic E-state index is 0.0105. The Kier molecular flexibility index (Phi) is 6.86. The fraction of sp³-hybridized carbons (Fsp3) is 0.417. The van der Waals surface area contributed by atoms with Crippen molar-refractivity contribution >= 4 is 29.2 Å². The Balaban J connectivity index is 2.65. The number of nitrogens with one attached hydrogen (secondary N) is 3. The average molecular weight is 316 g/mol. The molecule has 1 aromatic heterocycles. The van der Waals surface area contributed by atoms with Gasteiger partial charge in [-0.25, -0.2) is 10.8 Å². The molecule has 0 aliphatic rings. The summed E-state index contributed by atoms with van der Waals surface area (Å²) in [6, 6.07) is 2.28. The van der Waals surface area contributed by atoms with Crippen molar-refractivity contribution in [2.24, 2.45) is 5.84 Å². The summed E-state index contributed by atoms with van der Waals surface area (Å²) in [5.41, 5.74) is 2.31. The van der Waals surface area contributed by atoms with Gasteiger partial charge in [0.25, 0.3) is 5.91 Å². The fourth-order valence-electron chi connectivity index (χ4n) is 1.44. The lowest BCUT2D eigenvalue weighted by Crippen LogP contribution is -2.45. The summed E-state index contributed by atoms with van der Waals surface area (Å²) in [4.78, 5) is 27.7. The Labute approximate surface area is 127 Å². The second-order valence-corrected chi connectivity index (χ2v) is 4.56. The summed E-state index contributed by atoms with van der Waals surface area (Å²) in [7, 11) is 1.53. The van der Waals surface area contributed by atoms with Crippen LogP contribution in [0.3, 0.4) is 0 Å². The normalized spacial score (nSPS) is 11.6. The monoisotopic (exact) mass is 315 g/mol. The van der Waals surface area contributed by atoms with Crippen molar-refractivity contribution in [2.75, 3.05) is 25.7 Å². The quantitative estimate of drug-likeness (QED) is 0.317. The van der Waals surface area contributed by atoms with Crippen LogP contribution in [0, 0.1) is 0 Å². The number of hydrazine groups is 1. The summed E-state index contributed by atoms with van der Waals surface area (Å²) in [5, 5.41) is 5.29. The molecule has 1 rings (SSSR count). The van der Waals surface area contributed by atoms with Gasteiger partial charge in [0.15, 0.2) is 0 Å². The molecule has 1 atom stereocenters. The van der Waals surface area contributed by atoms with E-state index in [1.165, 1.54) is 19.2 Å². The Morgan fingerprint density at radius 1 is 1.48 bits per heavy atom. The summed E-state index contributed by atoms with van der Waals surface area (Å²) >= 11 is 5.90. The highest BCUT2D eigenvalue weighted by atomic mass is 35.5. The number of halogens is 1. The van der Waals surface area contributed by atoms with E-state index in [9.17, 15) is 9.59 Å². The fourth-order valence-corrected chi connectivity index (χ4v) is 1.63. The molecule has 9 heteroatoms. The number of anilines is 1.